The van der Waals surface area contributed by atoms with Gasteiger partial charge in [-0.05, 0) is 0 Å². The Morgan fingerprint density at radius 1 is 0.840 bits per heavy atom. The maximum atomic E-state index is 11.4. The molecule has 1 aliphatic heterocycles. The fourth-order valence-electron chi connectivity index (χ4n) is 2.33. The van der Waals surface area contributed by atoms with Crippen LogP contribution in [0.3, 0.4) is 0 Å². The topological polar surface area (TPSA) is 138 Å². The van der Waals surface area contributed by atoms with E-state index in [1.54, 1.807) is 6.07 Å². The van der Waals surface area contributed by atoms with Crippen LogP contribution in [-0.2, 0) is 42.9 Å². The van der Waals surface area contributed by atoms with Crippen molar-refractivity contribution in [3.63, 3.8) is 0 Å². The SMILES string of the molecule is CC(=O)OC[C@H]1O[C@H](C#N)[C@H](OC(C)=O)[C@@H](OC(C)=O)[C@H]1OC(C)=O. The molecule has 1 heterocycles. The second-order valence-corrected chi connectivity index (χ2v) is 5.25. The number of carbonyl (C=O) groups is 4. The summed E-state index contributed by atoms with van der Waals surface area (Å²) in [6.45, 7) is 4.14. The fourth-order valence-corrected chi connectivity index (χ4v) is 2.33. The molecule has 0 radical (unpaired) electrons. The first-order valence-corrected chi connectivity index (χ1v) is 7.35. The first kappa shape index (κ1) is 20.4. The minimum atomic E-state index is -1.32. The molecule has 1 fully saturated rings. The van der Waals surface area contributed by atoms with E-state index in [0.29, 0.717) is 0 Å². The van der Waals surface area contributed by atoms with Gasteiger partial charge in [-0.3, -0.25) is 19.2 Å². The van der Waals surface area contributed by atoms with Gasteiger partial charge >= 0.3 is 23.9 Å². The van der Waals surface area contributed by atoms with Gasteiger partial charge in [-0.1, -0.05) is 0 Å². The van der Waals surface area contributed by atoms with Gasteiger partial charge in [0.1, 0.15) is 12.7 Å². The van der Waals surface area contributed by atoms with E-state index in [2.05, 4.69) is 0 Å². The van der Waals surface area contributed by atoms with Crippen molar-refractivity contribution >= 4 is 23.9 Å². The molecule has 138 valence electrons. The van der Waals surface area contributed by atoms with Crippen LogP contribution in [0.25, 0.3) is 0 Å². The third kappa shape index (κ3) is 6.04. The van der Waals surface area contributed by atoms with Gasteiger partial charge in [-0.2, -0.15) is 5.26 Å². The number of esters is 4. The summed E-state index contributed by atoms with van der Waals surface area (Å²) < 4.78 is 25.6. The van der Waals surface area contributed by atoms with Gasteiger partial charge in [0.05, 0.1) is 6.07 Å². The van der Waals surface area contributed by atoms with Crippen LogP contribution >= 0.6 is 0 Å². The number of hydrogen-bond acceptors (Lipinski definition) is 10. The molecule has 1 saturated heterocycles. The van der Waals surface area contributed by atoms with Crippen molar-refractivity contribution in [3.8, 4) is 6.07 Å². The molecule has 0 aromatic heterocycles. The normalized spacial score (nSPS) is 28.2. The summed E-state index contributed by atoms with van der Waals surface area (Å²) in [6, 6.07) is 1.78. The van der Waals surface area contributed by atoms with Crippen molar-refractivity contribution in [2.45, 2.75) is 58.2 Å². The summed E-state index contributed by atoms with van der Waals surface area (Å²) in [7, 11) is 0. The summed E-state index contributed by atoms with van der Waals surface area (Å²) in [5, 5.41) is 9.27. The Kier molecular flexibility index (Phi) is 7.32. The van der Waals surface area contributed by atoms with Gasteiger partial charge < -0.3 is 23.7 Å². The molecule has 0 aliphatic carbocycles. The van der Waals surface area contributed by atoms with E-state index >= 15 is 0 Å². The highest BCUT2D eigenvalue weighted by atomic mass is 16.7. The van der Waals surface area contributed by atoms with Crippen LogP contribution in [0.5, 0.6) is 0 Å². The van der Waals surface area contributed by atoms with E-state index in [1.807, 2.05) is 0 Å². The smallest absolute Gasteiger partial charge is 0.303 e. The number of rotatable bonds is 5. The number of hydrogen-bond donors (Lipinski definition) is 0. The molecule has 1 rings (SSSR count). The summed E-state index contributed by atoms with van der Waals surface area (Å²) >= 11 is 0. The summed E-state index contributed by atoms with van der Waals surface area (Å²) in [5.74, 6) is -2.84. The fraction of sp³-hybridized carbons (Fsp3) is 0.667. The van der Waals surface area contributed by atoms with E-state index in [0.717, 1.165) is 27.7 Å². The van der Waals surface area contributed by atoms with E-state index in [1.165, 1.54) is 0 Å². The third-order valence-corrected chi connectivity index (χ3v) is 3.12. The molecule has 5 atom stereocenters. The molecular weight excluding hydrogens is 338 g/mol. The van der Waals surface area contributed by atoms with Crippen molar-refractivity contribution in [1.82, 2.24) is 0 Å². The molecule has 0 aromatic rings. The Morgan fingerprint density at radius 3 is 1.76 bits per heavy atom. The van der Waals surface area contributed by atoms with Gasteiger partial charge in [0.2, 0.25) is 0 Å². The van der Waals surface area contributed by atoms with E-state index < -0.39 is 54.4 Å². The lowest BCUT2D eigenvalue weighted by Gasteiger charge is -2.42. The Hall–Kier alpha value is -2.67. The Balaban J connectivity index is 3.21. The standard InChI is InChI=1S/C15H19NO9/c1-7(17)21-6-12-14(23-9(3)19)15(24-10(4)20)13(22-8(2)18)11(5-16)25-12/h11-15H,6H2,1-4H3/t11-,12-,13+,14+,15-/m1/s1. The predicted molar refractivity (Wildman–Crippen MR) is 77.6 cm³/mol. The molecular formula is C15H19NO9. The molecule has 0 bridgehead atoms. The molecule has 10 heteroatoms. The second-order valence-electron chi connectivity index (χ2n) is 5.25. The zero-order valence-electron chi connectivity index (χ0n) is 14.2. The van der Waals surface area contributed by atoms with Gasteiger partial charge in [-0.15, -0.1) is 0 Å². The first-order valence-electron chi connectivity index (χ1n) is 7.35. The van der Waals surface area contributed by atoms with Crippen molar-refractivity contribution in [1.29, 1.82) is 5.26 Å². The van der Waals surface area contributed by atoms with E-state index in [4.69, 9.17) is 23.7 Å². The quantitative estimate of drug-likeness (QED) is 0.473. The number of nitriles is 1. The Bertz CT molecular complexity index is 582. The molecule has 0 amide bonds. The number of carbonyl (C=O) groups excluding carboxylic acids is 4. The van der Waals surface area contributed by atoms with Crippen LogP contribution in [0.1, 0.15) is 27.7 Å². The molecule has 0 aromatic carbocycles. The van der Waals surface area contributed by atoms with Gasteiger partial charge in [0, 0.05) is 27.7 Å². The Labute approximate surface area is 143 Å². The Morgan fingerprint density at radius 2 is 1.32 bits per heavy atom. The highest BCUT2D eigenvalue weighted by Crippen LogP contribution is 2.28. The molecule has 10 nitrogen and oxygen atoms in total. The van der Waals surface area contributed by atoms with Crippen molar-refractivity contribution in [2.75, 3.05) is 6.61 Å². The first-order chi connectivity index (χ1) is 11.6. The van der Waals surface area contributed by atoms with E-state index in [-0.39, 0.29) is 6.61 Å². The number of ether oxygens (including phenoxy) is 5. The van der Waals surface area contributed by atoms with Crippen molar-refractivity contribution in [3.05, 3.63) is 0 Å². The summed E-state index contributed by atoms with van der Waals surface area (Å²) in [5.41, 5.74) is 0. The monoisotopic (exact) mass is 357 g/mol. The molecule has 0 saturated carbocycles. The lowest BCUT2D eigenvalue weighted by molar-refractivity contribution is -0.243. The average Bonchev–Trinajstić information content (AvgIpc) is 2.48. The lowest BCUT2D eigenvalue weighted by Crippen LogP contribution is -2.62. The zero-order chi connectivity index (χ0) is 19.1. The van der Waals surface area contributed by atoms with Crippen LogP contribution in [0.15, 0.2) is 0 Å². The number of nitrogens with zero attached hydrogens (tertiary/aromatic N) is 1. The van der Waals surface area contributed by atoms with Gasteiger partial charge in [0.15, 0.2) is 24.4 Å². The molecule has 25 heavy (non-hydrogen) atoms. The van der Waals surface area contributed by atoms with Crippen molar-refractivity contribution in [2.24, 2.45) is 0 Å². The summed E-state index contributed by atoms with van der Waals surface area (Å²) in [4.78, 5) is 45.2. The summed E-state index contributed by atoms with van der Waals surface area (Å²) in [6.07, 6.45) is -6.27. The van der Waals surface area contributed by atoms with Crippen LogP contribution in [0.4, 0.5) is 0 Å². The van der Waals surface area contributed by atoms with Gasteiger partial charge in [-0.25, -0.2) is 0 Å². The van der Waals surface area contributed by atoms with E-state index in [9.17, 15) is 24.4 Å². The average molecular weight is 357 g/mol. The highest BCUT2D eigenvalue weighted by Gasteiger charge is 2.52. The van der Waals surface area contributed by atoms with Crippen molar-refractivity contribution < 1.29 is 42.9 Å². The molecule has 0 unspecified atom stereocenters. The van der Waals surface area contributed by atoms with Gasteiger partial charge in [0.25, 0.3) is 0 Å². The highest BCUT2D eigenvalue weighted by molar-refractivity contribution is 5.68. The maximum absolute atomic E-state index is 11.4. The van der Waals surface area contributed by atoms with Crippen LogP contribution in [0, 0.1) is 11.3 Å². The largest absolute Gasteiger partial charge is 0.463 e. The van der Waals surface area contributed by atoms with Crippen LogP contribution < -0.4 is 0 Å². The molecule has 0 N–H and O–H groups in total. The lowest BCUT2D eigenvalue weighted by atomic mass is 9.94. The third-order valence-electron chi connectivity index (χ3n) is 3.12. The minimum absolute atomic E-state index is 0.351. The van der Waals surface area contributed by atoms with Crippen LogP contribution in [0.2, 0.25) is 0 Å². The van der Waals surface area contributed by atoms with Crippen LogP contribution in [-0.4, -0.2) is 61.0 Å². The molecule has 1 aliphatic rings. The predicted octanol–water partition coefficient (Wildman–Crippen LogP) is -0.364. The minimum Gasteiger partial charge on any atom is -0.463 e. The second kappa shape index (κ2) is 8.98. The zero-order valence-corrected chi connectivity index (χ0v) is 14.2. The maximum Gasteiger partial charge on any atom is 0.303 e. The molecule has 0 spiro atoms.